The minimum atomic E-state index is -0.561. The van der Waals surface area contributed by atoms with Crippen LogP contribution >= 0.6 is 0 Å². The van der Waals surface area contributed by atoms with Crippen LogP contribution in [0.15, 0.2) is 58.9 Å². The van der Waals surface area contributed by atoms with Crippen LogP contribution in [0, 0.1) is 0 Å². The summed E-state index contributed by atoms with van der Waals surface area (Å²) >= 11 is 0. The molecule has 0 spiro atoms. The van der Waals surface area contributed by atoms with E-state index >= 15 is 0 Å². The summed E-state index contributed by atoms with van der Waals surface area (Å²) in [6.07, 6.45) is 0. The average molecular weight is 372 g/mol. The summed E-state index contributed by atoms with van der Waals surface area (Å²) in [4.78, 5) is 32.9. The number of nitrogens with one attached hydrogen (secondary N) is 2. The summed E-state index contributed by atoms with van der Waals surface area (Å²) in [5, 5.41) is 3.17. The first-order valence-electron chi connectivity index (χ1n) is 8.77. The summed E-state index contributed by atoms with van der Waals surface area (Å²) in [5.41, 5.74) is 9.18. The Hall–Kier alpha value is -3.87. The number of aromatic amines is 1. The molecule has 5 rings (SSSR count). The number of fused-ring (bicyclic) bond motifs is 3. The van der Waals surface area contributed by atoms with Gasteiger partial charge in [0.2, 0.25) is 5.95 Å². The SMILES string of the molecule is COc1ccc([C@H]2C3=C(Nc4nc(N)[nH]c(=O)c42)c2ccccc2C3=O)cc1. The zero-order valence-corrected chi connectivity index (χ0v) is 14.9. The highest BCUT2D eigenvalue weighted by atomic mass is 16.5. The van der Waals surface area contributed by atoms with Crippen LogP contribution in [0.25, 0.3) is 5.70 Å². The summed E-state index contributed by atoms with van der Waals surface area (Å²) in [6, 6.07) is 14.7. The number of allylic oxidation sites excluding steroid dienone is 1. The Bertz CT molecular complexity index is 1230. The number of nitrogen functional groups attached to an aromatic ring is 1. The molecule has 3 aromatic rings. The van der Waals surface area contributed by atoms with Crippen LogP contribution in [0.3, 0.4) is 0 Å². The molecule has 0 amide bonds. The summed E-state index contributed by atoms with van der Waals surface area (Å²) in [6.45, 7) is 0. The third-order valence-corrected chi connectivity index (χ3v) is 5.20. The van der Waals surface area contributed by atoms with E-state index in [0.29, 0.717) is 34.0 Å². The van der Waals surface area contributed by atoms with Gasteiger partial charge in [0, 0.05) is 22.6 Å². The summed E-state index contributed by atoms with van der Waals surface area (Å²) < 4.78 is 5.24. The highest BCUT2D eigenvalue weighted by molar-refractivity contribution is 6.23. The number of carbonyl (C=O) groups excluding carboxylic acids is 1. The summed E-state index contributed by atoms with van der Waals surface area (Å²) in [7, 11) is 1.59. The number of carbonyl (C=O) groups is 1. The molecule has 7 nitrogen and oxygen atoms in total. The molecule has 2 aliphatic rings. The van der Waals surface area contributed by atoms with E-state index in [1.165, 1.54) is 0 Å². The quantitative estimate of drug-likeness (QED) is 0.638. The van der Waals surface area contributed by atoms with Crippen molar-refractivity contribution < 1.29 is 9.53 Å². The van der Waals surface area contributed by atoms with Crippen molar-refractivity contribution in [2.45, 2.75) is 5.92 Å². The molecular weight excluding hydrogens is 356 g/mol. The van der Waals surface area contributed by atoms with Crippen molar-refractivity contribution in [2.75, 3.05) is 18.2 Å². The lowest BCUT2D eigenvalue weighted by molar-refractivity contribution is 0.103. The predicted octanol–water partition coefficient (Wildman–Crippen LogP) is 2.53. The van der Waals surface area contributed by atoms with Gasteiger partial charge in [-0.05, 0) is 17.7 Å². The van der Waals surface area contributed by atoms with Gasteiger partial charge in [0.25, 0.3) is 5.56 Å². The maximum Gasteiger partial charge on any atom is 0.258 e. The number of H-pyrrole nitrogens is 1. The van der Waals surface area contributed by atoms with E-state index in [9.17, 15) is 9.59 Å². The van der Waals surface area contributed by atoms with Crippen LogP contribution < -0.4 is 21.3 Å². The molecule has 1 atom stereocenters. The van der Waals surface area contributed by atoms with E-state index < -0.39 is 5.92 Å². The van der Waals surface area contributed by atoms with Crippen LogP contribution in [0.2, 0.25) is 0 Å². The number of hydrogen-bond acceptors (Lipinski definition) is 6. The molecule has 4 N–H and O–H groups in total. The standard InChI is InChI=1S/C21H16N4O3/c1-28-11-8-6-10(7-9-11)14-15-17(12-4-2-3-5-13(12)18(15)26)23-19-16(14)20(27)25-21(22)24-19/h2-9,14H,1H3,(H4,22,23,24,25,27)/t14-/m0/s1. The van der Waals surface area contributed by atoms with Gasteiger partial charge in [-0.2, -0.15) is 4.98 Å². The smallest absolute Gasteiger partial charge is 0.258 e. The molecule has 2 heterocycles. The third-order valence-electron chi connectivity index (χ3n) is 5.20. The van der Waals surface area contributed by atoms with E-state index in [1.807, 2.05) is 42.5 Å². The van der Waals surface area contributed by atoms with Gasteiger partial charge in [0.1, 0.15) is 11.6 Å². The first-order valence-corrected chi connectivity index (χ1v) is 8.77. The van der Waals surface area contributed by atoms with Crippen molar-refractivity contribution in [3.8, 4) is 5.75 Å². The Morgan fingerprint density at radius 3 is 2.46 bits per heavy atom. The summed E-state index contributed by atoms with van der Waals surface area (Å²) in [5.74, 6) is 0.420. The van der Waals surface area contributed by atoms with Crippen LogP contribution in [0.1, 0.15) is 33.0 Å². The van der Waals surface area contributed by atoms with Crippen LogP contribution in [-0.2, 0) is 0 Å². The van der Waals surface area contributed by atoms with Crippen molar-refractivity contribution >= 4 is 23.2 Å². The second kappa shape index (κ2) is 5.82. The zero-order chi connectivity index (χ0) is 19.4. The third kappa shape index (κ3) is 2.19. The normalized spacial score (nSPS) is 16.9. The molecule has 0 bridgehead atoms. The molecule has 1 aromatic heterocycles. The molecule has 0 fully saturated rings. The van der Waals surface area contributed by atoms with Gasteiger partial charge < -0.3 is 15.8 Å². The highest BCUT2D eigenvalue weighted by Gasteiger charge is 2.41. The Balaban J connectivity index is 1.79. The molecule has 0 saturated heterocycles. The molecule has 28 heavy (non-hydrogen) atoms. The Morgan fingerprint density at radius 2 is 1.75 bits per heavy atom. The Labute approximate surface area is 159 Å². The topological polar surface area (TPSA) is 110 Å². The van der Waals surface area contributed by atoms with Gasteiger partial charge in [-0.3, -0.25) is 14.6 Å². The van der Waals surface area contributed by atoms with Crippen LogP contribution in [0.5, 0.6) is 5.75 Å². The fraction of sp³-hybridized carbons (Fsp3) is 0.0952. The van der Waals surface area contributed by atoms with Crippen LogP contribution in [-0.4, -0.2) is 22.9 Å². The molecule has 2 aromatic carbocycles. The first kappa shape index (κ1) is 16.3. The number of ether oxygens (including phenoxy) is 1. The predicted molar refractivity (Wildman–Crippen MR) is 105 cm³/mol. The van der Waals surface area contributed by atoms with Gasteiger partial charge in [-0.25, -0.2) is 0 Å². The fourth-order valence-electron chi connectivity index (χ4n) is 3.97. The van der Waals surface area contributed by atoms with Crippen molar-refractivity contribution in [3.63, 3.8) is 0 Å². The molecule has 0 saturated carbocycles. The van der Waals surface area contributed by atoms with E-state index in [1.54, 1.807) is 13.2 Å². The monoisotopic (exact) mass is 372 g/mol. The number of nitrogens with zero attached hydrogens (tertiary/aromatic N) is 1. The largest absolute Gasteiger partial charge is 0.497 e. The van der Waals surface area contributed by atoms with Gasteiger partial charge in [-0.1, -0.05) is 36.4 Å². The van der Waals surface area contributed by atoms with Crippen LogP contribution in [0.4, 0.5) is 11.8 Å². The maximum atomic E-state index is 13.2. The van der Waals surface area contributed by atoms with Gasteiger partial charge in [-0.15, -0.1) is 0 Å². The number of Topliss-reactive ketones (excluding diaryl/α,β-unsaturated/α-hetero) is 1. The van der Waals surface area contributed by atoms with Gasteiger partial charge in [0.15, 0.2) is 5.78 Å². The van der Waals surface area contributed by atoms with Crippen molar-refractivity contribution in [3.05, 3.63) is 86.7 Å². The molecule has 0 unspecified atom stereocenters. The second-order valence-corrected chi connectivity index (χ2v) is 6.71. The number of nitrogens with two attached hydrogens (primary N) is 1. The lowest BCUT2D eigenvalue weighted by Gasteiger charge is -2.27. The minimum absolute atomic E-state index is 0.0198. The number of rotatable bonds is 2. The zero-order valence-electron chi connectivity index (χ0n) is 14.9. The number of anilines is 2. The molecule has 0 radical (unpaired) electrons. The molecule has 7 heteroatoms. The van der Waals surface area contributed by atoms with E-state index in [2.05, 4.69) is 15.3 Å². The number of aromatic nitrogens is 2. The van der Waals surface area contributed by atoms with E-state index in [4.69, 9.17) is 10.5 Å². The highest BCUT2D eigenvalue weighted by Crippen LogP contribution is 2.47. The molecule has 138 valence electrons. The molecular formula is C21H16N4O3. The minimum Gasteiger partial charge on any atom is -0.497 e. The Kier molecular flexibility index (Phi) is 3.39. The number of hydrogen-bond donors (Lipinski definition) is 3. The van der Waals surface area contributed by atoms with Gasteiger partial charge in [0.05, 0.1) is 18.4 Å². The van der Waals surface area contributed by atoms with Gasteiger partial charge >= 0.3 is 0 Å². The fourth-order valence-corrected chi connectivity index (χ4v) is 3.97. The lowest BCUT2D eigenvalue weighted by Crippen LogP contribution is -2.28. The lowest BCUT2D eigenvalue weighted by atomic mass is 9.81. The van der Waals surface area contributed by atoms with Crippen molar-refractivity contribution in [1.29, 1.82) is 0 Å². The average Bonchev–Trinajstić information content (AvgIpc) is 2.99. The first-order chi connectivity index (χ1) is 13.6. The molecule has 1 aliphatic heterocycles. The van der Waals surface area contributed by atoms with Crippen molar-refractivity contribution in [1.82, 2.24) is 9.97 Å². The maximum absolute atomic E-state index is 13.2. The second-order valence-electron chi connectivity index (χ2n) is 6.71. The molecule has 1 aliphatic carbocycles. The van der Waals surface area contributed by atoms with E-state index in [0.717, 1.165) is 11.1 Å². The van der Waals surface area contributed by atoms with E-state index in [-0.39, 0.29) is 17.3 Å². The number of ketones is 1. The number of benzene rings is 2. The Morgan fingerprint density at radius 1 is 1.04 bits per heavy atom. The van der Waals surface area contributed by atoms with Crippen molar-refractivity contribution in [2.24, 2.45) is 0 Å². The number of methoxy groups -OCH3 is 1.